The molecular weight excluding hydrogens is 684 g/mol. The fourth-order valence-corrected chi connectivity index (χ4v) is 8.18. The number of ether oxygens (including phenoxy) is 2. The van der Waals surface area contributed by atoms with E-state index in [9.17, 15) is 24.3 Å². The van der Waals surface area contributed by atoms with E-state index in [1.165, 1.54) is 0 Å². The molecule has 1 aromatic carbocycles. The van der Waals surface area contributed by atoms with Crippen molar-refractivity contribution in [2.75, 3.05) is 34.9 Å². The number of Topliss-reactive ketones (excluding diaryl/α,β-unsaturated/α-hetero) is 1. The number of likely N-dealkylation sites (tertiary alicyclic amines) is 1. The molecule has 1 fully saturated rings. The summed E-state index contributed by atoms with van der Waals surface area (Å²) in [6.45, 7) is 20.4. The number of hydrogen-bond donors (Lipinski definition) is 2. The van der Waals surface area contributed by atoms with Crippen molar-refractivity contribution < 1.29 is 33.8 Å². The van der Waals surface area contributed by atoms with E-state index in [0.29, 0.717) is 13.0 Å². The SMILES string of the molecule is CC[C@H](C)[C@@H]([C@@H](CC(=O)N1CCC[C@H]1[C@H](OC)[C@@H](C)C(=O)C[C@H](C)[C@@H](O)c1ccccc1)OC)N(C)C(=O)[C@@H](NC(=O)[C@H](C(C)C)N(C)C(C)C)C(C)C. The van der Waals surface area contributed by atoms with Gasteiger partial charge in [-0.2, -0.15) is 0 Å². The van der Waals surface area contributed by atoms with E-state index in [0.717, 1.165) is 18.4 Å². The maximum atomic E-state index is 14.3. The summed E-state index contributed by atoms with van der Waals surface area (Å²) in [5.74, 6) is -1.45. The molecule has 2 N–H and O–H groups in total. The number of carbonyl (C=O) groups is 4. The second-order valence-corrected chi connectivity index (χ2v) is 16.8. The van der Waals surface area contributed by atoms with Crippen molar-refractivity contribution >= 4 is 23.5 Å². The van der Waals surface area contributed by atoms with Gasteiger partial charge in [0, 0.05) is 46.2 Å². The number of methoxy groups -OCH3 is 2. The van der Waals surface area contributed by atoms with E-state index < -0.39 is 42.4 Å². The fourth-order valence-electron chi connectivity index (χ4n) is 8.18. The number of nitrogens with one attached hydrogen (secondary N) is 1. The van der Waals surface area contributed by atoms with Crippen LogP contribution in [-0.4, -0.2) is 121 Å². The first-order chi connectivity index (χ1) is 25.3. The van der Waals surface area contributed by atoms with Crippen LogP contribution in [0.5, 0.6) is 0 Å². The number of carbonyl (C=O) groups excluding carboxylic acids is 4. The molecule has 0 aromatic heterocycles. The van der Waals surface area contributed by atoms with Gasteiger partial charge < -0.3 is 29.7 Å². The first-order valence-electron chi connectivity index (χ1n) is 20.2. The molecule has 0 radical (unpaired) electrons. The number of aliphatic hydroxyl groups excluding tert-OH is 1. The minimum absolute atomic E-state index is 0.0114. The number of rotatable bonds is 22. The molecule has 0 saturated carbocycles. The summed E-state index contributed by atoms with van der Waals surface area (Å²) in [6, 6.07) is 7.61. The highest BCUT2D eigenvalue weighted by molar-refractivity contribution is 5.90. The molecule has 10 atom stereocenters. The van der Waals surface area contributed by atoms with Crippen LogP contribution in [-0.2, 0) is 28.7 Å². The Morgan fingerprint density at radius 3 is 2.00 bits per heavy atom. The highest BCUT2D eigenvalue weighted by Gasteiger charge is 2.43. The van der Waals surface area contributed by atoms with Gasteiger partial charge in [0.15, 0.2) is 0 Å². The van der Waals surface area contributed by atoms with E-state index in [1.807, 2.05) is 103 Å². The Hall–Kier alpha value is -2.86. The number of nitrogens with zero attached hydrogens (tertiary/aromatic N) is 3. The Morgan fingerprint density at radius 1 is 0.889 bits per heavy atom. The zero-order chi connectivity index (χ0) is 41.0. The van der Waals surface area contributed by atoms with Gasteiger partial charge in [-0.05, 0) is 63.0 Å². The molecule has 1 aliphatic rings. The van der Waals surface area contributed by atoms with Crippen molar-refractivity contribution in [1.82, 2.24) is 20.0 Å². The summed E-state index contributed by atoms with van der Waals surface area (Å²) in [5, 5.41) is 14.0. The van der Waals surface area contributed by atoms with Crippen molar-refractivity contribution in [2.24, 2.45) is 29.6 Å². The van der Waals surface area contributed by atoms with Gasteiger partial charge in [-0.3, -0.25) is 24.1 Å². The van der Waals surface area contributed by atoms with E-state index in [4.69, 9.17) is 9.47 Å². The maximum Gasteiger partial charge on any atom is 0.245 e. The first-order valence-corrected chi connectivity index (χ1v) is 20.2. The Kier molecular flexibility index (Phi) is 19.3. The van der Waals surface area contributed by atoms with Crippen molar-refractivity contribution in [3.8, 4) is 0 Å². The van der Waals surface area contributed by atoms with Crippen LogP contribution >= 0.6 is 0 Å². The van der Waals surface area contributed by atoms with Gasteiger partial charge >= 0.3 is 0 Å². The normalized spacial score (nSPS) is 20.0. The van der Waals surface area contributed by atoms with Crippen molar-refractivity contribution in [3.05, 3.63) is 35.9 Å². The number of ketones is 1. The molecule has 2 rings (SSSR count). The monoisotopic (exact) mass is 759 g/mol. The highest BCUT2D eigenvalue weighted by atomic mass is 16.5. The lowest BCUT2D eigenvalue weighted by Crippen LogP contribution is -2.60. The lowest BCUT2D eigenvalue weighted by Gasteiger charge is -2.41. The Balaban J connectivity index is 2.27. The lowest BCUT2D eigenvalue weighted by molar-refractivity contribution is -0.148. The van der Waals surface area contributed by atoms with Crippen LogP contribution in [0.2, 0.25) is 0 Å². The molecular formula is C43H74N4O7. The number of likely N-dealkylation sites (N-methyl/N-ethyl adjacent to an activating group) is 2. The van der Waals surface area contributed by atoms with Gasteiger partial charge in [0.05, 0.1) is 42.9 Å². The summed E-state index contributed by atoms with van der Waals surface area (Å²) in [5.41, 5.74) is 0.774. The third-order valence-corrected chi connectivity index (χ3v) is 11.9. The van der Waals surface area contributed by atoms with Gasteiger partial charge in [0.25, 0.3) is 0 Å². The highest BCUT2D eigenvalue weighted by Crippen LogP contribution is 2.32. The van der Waals surface area contributed by atoms with Crippen LogP contribution in [0.3, 0.4) is 0 Å². The smallest absolute Gasteiger partial charge is 0.245 e. The molecule has 0 spiro atoms. The van der Waals surface area contributed by atoms with Crippen LogP contribution in [0.25, 0.3) is 0 Å². The van der Waals surface area contributed by atoms with Crippen molar-refractivity contribution in [2.45, 2.75) is 150 Å². The fraction of sp³-hybridized carbons (Fsp3) is 0.767. The van der Waals surface area contributed by atoms with Crippen LogP contribution in [0, 0.1) is 29.6 Å². The van der Waals surface area contributed by atoms with Crippen LogP contribution < -0.4 is 5.32 Å². The van der Waals surface area contributed by atoms with Gasteiger partial charge in [-0.1, -0.05) is 92.1 Å². The summed E-state index contributed by atoms with van der Waals surface area (Å²) < 4.78 is 12.0. The van der Waals surface area contributed by atoms with Crippen molar-refractivity contribution in [3.63, 3.8) is 0 Å². The van der Waals surface area contributed by atoms with Gasteiger partial charge in [0.1, 0.15) is 11.8 Å². The number of hydrogen-bond acceptors (Lipinski definition) is 8. The summed E-state index contributed by atoms with van der Waals surface area (Å²) in [6.07, 6.45) is 0.578. The largest absolute Gasteiger partial charge is 0.388 e. The van der Waals surface area contributed by atoms with Crippen LogP contribution in [0.1, 0.15) is 113 Å². The summed E-state index contributed by atoms with van der Waals surface area (Å²) in [4.78, 5) is 61.4. The molecule has 54 heavy (non-hydrogen) atoms. The first kappa shape index (κ1) is 47.3. The molecule has 0 unspecified atom stereocenters. The van der Waals surface area contributed by atoms with Crippen molar-refractivity contribution in [1.29, 1.82) is 0 Å². The summed E-state index contributed by atoms with van der Waals surface area (Å²) >= 11 is 0. The van der Waals surface area contributed by atoms with Crippen LogP contribution in [0.4, 0.5) is 0 Å². The van der Waals surface area contributed by atoms with Gasteiger partial charge in [-0.25, -0.2) is 0 Å². The van der Waals surface area contributed by atoms with Crippen LogP contribution in [0.15, 0.2) is 30.3 Å². The van der Waals surface area contributed by atoms with E-state index in [2.05, 4.69) is 19.2 Å². The Labute approximate surface area is 326 Å². The number of amides is 3. The predicted octanol–water partition coefficient (Wildman–Crippen LogP) is 5.74. The second-order valence-electron chi connectivity index (χ2n) is 16.8. The molecule has 1 aromatic rings. The molecule has 11 nitrogen and oxygen atoms in total. The van der Waals surface area contributed by atoms with E-state index in [-0.39, 0.29) is 72.1 Å². The lowest BCUT2D eigenvalue weighted by atomic mass is 9.85. The summed E-state index contributed by atoms with van der Waals surface area (Å²) in [7, 11) is 6.85. The Bertz CT molecular complexity index is 1320. The zero-order valence-corrected chi connectivity index (χ0v) is 35.9. The molecule has 0 aliphatic carbocycles. The van der Waals surface area contributed by atoms with Gasteiger partial charge in [0.2, 0.25) is 17.7 Å². The molecule has 3 amide bonds. The molecule has 308 valence electrons. The molecule has 1 heterocycles. The van der Waals surface area contributed by atoms with E-state index >= 15 is 0 Å². The minimum Gasteiger partial charge on any atom is -0.388 e. The second kappa shape index (κ2) is 22.0. The molecule has 1 aliphatic heterocycles. The predicted molar refractivity (Wildman–Crippen MR) is 215 cm³/mol. The maximum absolute atomic E-state index is 14.3. The number of aliphatic hydroxyl groups is 1. The molecule has 0 bridgehead atoms. The number of benzene rings is 1. The standard InChI is InChI=1S/C43H74N4O7/c1-15-29(8)39(46(12)43(52)37(26(2)3)44-42(51)38(27(4)5)45(11)28(6)7)35(53-13)25-36(49)47-23-19-22-33(47)41(54-14)31(10)34(48)24-30(9)40(50)32-20-17-16-18-21-32/h16-18,20-21,26-31,33,35,37-41,50H,15,19,22-25H2,1-14H3,(H,44,51)/t29-,30-,31-,33-,35+,37-,38-,39-,40+,41+/m0/s1. The zero-order valence-electron chi connectivity index (χ0n) is 35.9. The van der Waals surface area contributed by atoms with E-state index in [1.54, 1.807) is 26.2 Å². The average Bonchev–Trinajstić information content (AvgIpc) is 3.62. The molecule has 1 saturated heterocycles. The van der Waals surface area contributed by atoms with Gasteiger partial charge in [-0.15, -0.1) is 0 Å². The topological polar surface area (TPSA) is 129 Å². The molecule has 11 heteroatoms. The third kappa shape index (κ3) is 12.1. The quantitative estimate of drug-likeness (QED) is 0.153. The Morgan fingerprint density at radius 2 is 1.50 bits per heavy atom. The average molecular weight is 759 g/mol. The third-order valence-electron chi connectivity index (χ3n) is 11.9. The minimum atomic E-state index is -0.766.